The number of nitrogens with one attached hydrogen (secondary N) is 2. The normalized spacial score (nSPS) is 12.7. The average molecular weight is 347 g/mol. The SMILES string of the molecule is C=C(Nc1ccc2c(n1)=NCCC=2)c1[nH]nc(-c2cccc(F)c2)c1C. The Kier molecular flexibility index (Phi) is 4.08. The molecule has 0 amide bonds. The molecule has 0 bridgehead atoms. The van der Waals surface area contributed by atoms with Gasteiger partial charge in [-0.05, 0) is 37.6 Å². The van der Waals surface area contributed by atoms with E-state index in [1.807, 2.05) is 25.1 Å². The second-order valence-electron chi connectivity index (χ2n) is 6.17. The third kappa shape index (κ3) is 3.01. The van der Waals surface area contributed by atoms with E-state index in [-0.39, 0.29) is 5.82 Å². The number of aromatic amines is 1. The number of pyridine rings is 1. The zero-order chi connectivity index (χ0) is 18.1. The smallest absolute Gasteiger partial charge is 0.156 e. The third-order valence-electron chi connectivity index (χ3n) is 4.35. The fraction of sp³-hybridized carbons (Fsp3) is 0.150. The van der Waals surface area contributed by atoms with Crippen molar-refractivity contribution in [3.05, 3.63) is 70.8 Å². The van der Waals surface area contributed by atoms with E-state index < -0.39 is 0 Å². The van der Waals surface area contributed by atoms with Gasteiger partial charge < -0.3 is 5.32 Å². The van der Waals surface area contributed by atoms with Gasteiger partial charge in [-0.15, -0.1) is 0 Å². The summed E-state index contributed by atoms with van der Waals surface area (Å²) in [5, 5.41) is 11.6. The second kappa shape index (κ2) is 6.55. The molecule has 1 aliphatic rings. The van der Waals surface area contributed by atoms with Crippen LogP contribution in [0.3, 0.4) is 0 Å². The number of anilines is 1. The van der Waals surface area contributed by atoms with E-state index in [1.54, 1.807) is 6.07 Å². The van der Waals surface area contributed by atoms with Crippen molar-refractivity contribution < 1.29 is 4.39 Å². The molecule has 26 heavy (non-hydrogen) atoms. The van der Waals surface area contributed by atoms with Crippen LogP contribution < -0.4 is 16.0 Å². The summed E-state index contributed by atoms with van der Waals surface area (Å²) in [5.74, 6) is 0.385. The van der Waals surface area contributed by atoms with Crippen LogP contribution in [0.4, 0.5) is 10.2 Å². The van der Waals surface area contributed by atoms with Crippen molar-refractivity contribution in [2.45, 2.75) is 13.3 Å². The Hall–Kier alpha value is -3.28. The van der Waals surface area contributed by atoms with Gasteiger partial charge in [0.15, 0.2) is 5.49 Å². The average Bonchev–Trinajstić information content (AvgIpc) is 3.03. The maximum Gasteiger partial charge on any atom is 0.156 e. The highest BCUT2D eigenvalue weighted by Gasteiger charge is 2.14. The van der Waals surface area contributed by atoms with Crippen molar-refractivity contribution in [1.29, 1.82) is 0 Å². The molecule has 0 fully saturated rings. The van der Waals surface area contributed by atoms with Gasteiger partial charge in [0.05, 0.1) is 17.1 Å². The van der Waals surface area contributed by atoms with Gasteiger partial charge in [0.2, 0.25) is 0 Å². The minimum atomic E-state index is -0.290. The van der Waals surface area contributed by atoms with E-state index >= 15 is 0 Å². The molecular weight excluding hydrogens is 329 g/mol. The lowest BCUT2D eigenvalue weighted by Gasteiger charge is -2.09. The summed E-state index contributed by atoms with van der Waals surface area (Å²) in [6.45, 7) is 6.77. The number of H-pyrrole nitrogens is 1. The first kappa shape index (κ1) is 16.2. The summed E-state index contributed by atoms with van der Waals surface area (Å²) in [4.78, 5) is 8.97. The molecule has 6 heteroatoms. The number of hydrogen-bond donors (Lipinski definition) is 2. The van der Waals surface area contributed by atoms with Crippen molar-refractivity contribution in [2.75, 3.05) is 11.9 Å². The number of benzene rings is 1. The van der Waals surface area contributed by atoms with E-state index in [1.165, 1.54) is 12.1 Å². The van der Waals surface area contributed by atoms with Crippen molar-refractivity contribution in [3.63, 3.8) is 0 Å². The molecule has 0 saturated heterocycles. The van der Waals surface area contributed by atoms with Crippen molar-refractivity contribution in [2.24, 2.45) is 4.99 Å². The molecule has 3 aromatic rings. The van der Waals surface area contributed by atoms with Crippen LogP contribution in [0.15, 0.2) is 48.0 Å². The van der Waals surface area contributed by atoms with Crippen LogP contribution in [0, 0.1) is 12.7 Å². The molecular formula is C20H18FN5. The van der Waals surface area contributed by atoms with Gasteiger partial charge in [-0.2, -0.15) is 5.10 Å². The highest BCUT2D eigenvalue weighted by molar-refractivity contribution is 5.77. The van der Waals surface area contributed by atoms with Gasteiger partial charge in [0.1, 0.15) is 11.6 Å². The molecule has 0 radical (unpaired) electrons. The standard InChI is InChI=1S/C20H18FN5/c1-12-18(25-26-19(12)15-5-3-7-16(21)11-15)13(2)23-17-9-8-14-6-4-10-22-20(14)24-17/h3,5-9,11H,2,4,10H2,1H3,(H,25,26)(H,22,23,24). The molecule has 2 N–H and O–H groups in total. The first-order valence-electron chi connectivity index (χ1n) is 8.41. The third-order valence-corrected chi connectivity index (χ3v) is 4.35. The number of hydrogen-bond acceptors (Lipinski definition) is 4. The molecule has 3 heterocycles. The van der Waals surface area contributed by atoms with Crippen molar-refractivity contribution >= 4 is 17.6 Å². The Morgan fingerprint density at radius 1 is 1.27 bits per heavy atom. The van der Waals surface area contributed by atoms with Crippen LogP contribution >= 0.6 is 0 Å². The van der Waals surface area contributed by atoms with E-state index in [0.717, 1.165) is 40.5 Å². The van der Waals surface area contributed by atoms with Gasteiger partial charge in [0, 0.05) is 22.9 Å². The van der Waals surface area contributed by atoms with Crippen LogP contribution in [0.5, 0.6) is 0 Å². The predicted molar refractivity (Wildman–Crippen MR) is 100 cm³/mol. The quantitative estimate of drug-likeness (QED) is 0.763. The molecule has 1 aliphatic heterocycles. The van der Waals surface area contributed by atoms with Gasteiger partial charge in [-0.25, -0.2) is 9.37 Å². The zero-order valence-electron chi connectivity index (χ0n) is 14.4. The molecule has 4 rings (SSSR count). The number of aromatic nitrogens is 3. The molecule has 0 spiro atoms. The lowest BCUT2D eigenvalue weighted by Crippen LogP contribution is -2.31. The molecule has 0 saturated carbocycles. The Morgan fingerprint density at radius 3 is 3.00 bits per heavy atom. The lowest BCUT2D eigenvalue weighted by atomic mass is 10.1. The fourth-order valence-electron chi connectivity index (χ4n) is 3.03. The topological polar surface area (TPSA) is 66.0 Å². The molecule has 5 nitrogen and oxygen atoms in total. The zero-order valence-corrected chi connectivity index (χ0v) is 14.4. The molecule has 2 aromatic heterocycles. The highest BCUT2D eigenvalue weighted by atomic mass is 19.1. The Balaban J connectivity index is 1.62. The van der Waals surface area contributed by atoms with Crippen molar-refractivity contribution in [3.8, 4) is 11.3 Å². The number of fused-ring (bicyclic) bond motifs is 1. The molecule has 0 atom stereocenters. The second-order valence-corrected chi connectivity index (χ2v) is 6.17. The predicted octanol–water partition coefficient (Wildman–Crippen LogP) is 2.81. The summed E-state index contributed by atoms with van der Waals surface area (Å²) in [5.41, 5.74) is 4.46. The molecule has 0 unspecified atom stereocenters. The number of rotatable bonds is 4. The van der Waals surface area contributed by atoms with Crippen LogP contribution in [0.25, 0.3) is 23.0 Å². The van der Waals surface area contributed by atoms with Gasteiger partial charge >= 0.3 is 0 Å². The van der Waals surface area contributed by atoms with Gasteiger partial charge in [0.25, 0.3) is 0 Å². The summed E-state index contributed by atoms with van der Waals surface area (Å²) in [7, 11) is 0. The largest absolute Gasteiger partial charge is 0.339 e. The molecule has 0 aliphatic carbocycles. The van der Waals surface area contributed by atoms with Crippen molar-refractivity contribution in [1.82, 2.24) is 15.2 Å². The van der Waals surface area contributed by atoms with Crippen LogP contribution in [0.1, 0.15) is 17.7 Å². The first-order chi connectivity index (χ1) is 12.6. The Bertz CT molecular complexity index is 1110. The van der Waals surface area contributed by atoms with E-state index in [2.05, 4.69) is 38.1 Å². The maximum atomic E-state index is 13.5. The Labute approximate surface area is 150 Å². The summed E-state index contributed by atoms with van der Waals surface area (Å²) in [6.07, 6.45) is 3.09. The van der Waals surface area contributed by atoms with E-state index in [0.29, 0.717) is 17.2 Å². The maximum absolute atomic E-state index is 13.5. The summed E-state index contributed by atoms with van der Waals surface area (Å²) >= 11 is 0. The molecule has 130 valence electrons. The Morgan fingerprint density at radius 2 is 2.15 bits per heavy atom. The first-order valence-corrected chi connectivity index (χ1v) is 8.41. The minimum absolute atomic E-state index is 0.290. The minimum Gasteiger partial charge on any atom is -0.339 e. The monoisotopic (exact) mass is 347 g/mol. The van der Waals surface area contributed by atoms with Crippen LogP contribution in [0.2, 0.25) is 0 Å². The van der Waals surface area contributed by atoms with Gasteiger partial charge in [-0.3, -0.25) is 10.1 Å². The fourth-order valence-corrected chi connectivity index (χ4v) is 3.03. The summed E-state index contributed by atoms with van der Waals surface area (Å²) in [6, 6.07) is 10.3. The highest BCUT2D eigenvalue weighted by Crippen LogP contribution is 2.27. The number of halogens is 1. The number of nitrogens with zero attached hydrogens (tertiary/aromatic N) is 3. The van der Waals surface area contributed by atoms with E-state index in [4.69, 9.17) is 0 Å². The van der Waals surface area contributed by atoms with Crippen LogP contribution in [-0.2, 0) is 0 Å². The van der Waals surface area contributed by atoms with E-state index in [9.17, 15) is 4.39 Å². The lowest BCUT2D eigenvalue weighted by molar-refractivity contribution is 0.628. The van der Waals surface area contributed by atoms with Gasteiger partial charge in [-0.1, -0.05) is 24.8 Å². The van der Waals surface area contributed by atoms with Crippen LogP contribution in [-0.4, -0.2) is 21.7 Å². The summed E-state index contributed by atoms with van der Waals surface area (Å²) < 4.78 is 13.5. The molecule has 1 aromatic carbocycles.